The van der Waals surface area contributed by atoms with E-state index in [2.05, 4.69) is 156 Å². The van der Waals surface area contributed by atoms with Crippen molar-refractivity contribution in [3.63, 3.8) is 0 Å². The summed E-state index contributed by atoms with van der Waals surface area (Å²) in [5.74, 6) is 0.859. The predicted molar refractivity (Wildman–Crippen MR) is 193 cm³/mol. The molecule has 0 aliphatic carbocycles. The maximum Gasteiger partial charge on any atom is 0.143 e. The zero-order chi connectivity index (χ0) is 31.2. The van der Waals surface area contributed by atoms with Gasteiger partial charge >= 0.3 is 0 Å². The van der Waals surface area contributed by atoms with Crippen molar-refractivity contribution < 1.29 is 4.42 Å². The van der Waals surface area contributed by atoms with E-state index in [1.165, 1.54) is 21.9 Å². The van der Waals surface area contributed by atoms with E-state index in [0.29, 0.717) is 0 Å². The molecule has 4 nitrogen and oxygen atoms in total. The van der Waals surface area contributed by atoms with Crippen LogP contribution in [0.2, 0.25) is 0 Å². The molecule has 7 aromatic carbocycles. The maximum atomic E-state index is 6.67. The van der Waals surface area contributed by atoms with Crippen LogP contribution in [-0.2, 0) is 0 Å². The highest BCUT2D eigenvalue weighted by atomic mass is 16.3. The van der Waals surface area contributed by atoms with Crippen molar-refractivity contribution in [2.45, 2.75) is 12.3 Å². The monoisotopic (exact) mass is 605 g/mol. The third-order valence-electron chi connectivity index (χ3n) is 9.17. The predicted octanol–water partition coefficient (Wildman–Crippen LogP) is 10.4. The molecule has 0 spiro atoms. The second-order valence-electron chi connectivity index (χ2n) is 12.0. The highest BCUT2D eigenvalue weighted by Crippen LogP contribution is 2.41. The van der Waals surface area contributed by atoms with Gasteiger partial charge in [0.1, 0.15) is 29.3 Å². The lowest BCUT2D eigenvalue weighted by Crippen LogP contribution is -2.45. The number of hydrogen-bond donors (Lipinski definition) is 2. The molecular weight excluding hydrogens is 574 g/mol. The average molecular weight is 606 g/mol. The first-order chi connectivity index (χ1) is 23.3. The van der Waals surface area contributed by atoms with Gasteiger partial charge in [0, 0.05) is 27.5 Å². The Hall–Kier alpha value is -5.97. The number of furan rings is 1. The second kappa shape index (κ2) is 11.4. The van der Waals surface area contributed by atoms with Gasteiger partial charge < -0.3 is 9.73 Å². The van der Waals surface area contributed by atoms with Gasteiger partial charge in [-0.25, -0.2) is 4.99 Å². The van der Waals surface area contributed by atoms with Crippen LogP contribution in [0.1, 0.15) is 29.0 Å². The lowest BCUT2D eigenvalue weighted by Gasteiger charge is -2.32. The molecule has 2 heterocycles. The summed E-state index contributed by atoms with van der Waals surface area (Å²) >= 11 is 0. The van der Waals surface area contributed by atoms with Crippen molar-refractivity contribution in [3.8, 4) is 22.3 Å². The molecule has 0 bridgehead atoms. The Morgan fingerprint density at radius 2 is 1.21 bits per heavy atom. The third-order valence-corrected chi connectivity index (χ3v) is 9.17. The molecule has 0 amide bonds. The van der Waals surface area contributed by atoms with Crippen molar-refractivity contribution in [3.05, 3.63) is 180 Å². The highest BCUT2D eigenvalue weighted by molar-refractivity contribution is 6.12. The minimum Gasteiger partial charge on any atom is -0.455 e. The Kier molecular flexibility index (Phi) is 6.65. The molecule has 224 valence electrons. The molecule has 2 N–H and O–H groups in total. The van der Waals surface area contributed by atoms with Crippen LogP contribution >= 0.6 is 0 Å². The van der Waals surface area contributed by atoms with Gasteiger partial charge in [0.25, 0.3) is 0 Å². The number of aliphatic imine (C=N–C) groups is 1. The number of para-hydroxylation sites is 1. The van der Waals surface area contributed by atoms with Gasteiger partial charge in [-0.3, -0.25) is 5.32 Å². The zero-order valence-corrected chi connectivity index (χ0v) is 25.6. The Morgan fingerprint density at radius 3 is 2.04 bits per heavy atom. The van der Waals surface area contributed by atoms with E-state index < -0.39 is 0 Å². The molecule has 0 saturated heterocycles. The molecule has 1 aromatic heterocycles. The summed E-state index contributed by atoms with van der Waals surface area (Å²) in [7, 11) is 0. The minimum atomic E-state index is -0.215. The Morgan fingerprint density at radius 1 is 0.532 bits per heavy atom. The van der Waals surface area contributed by atoms with Gasteiger partial charge in [-0.1, -0.05) is 152 Å². The van der Waals surface area contributed by atoms with Gasteiger partial charge in [-0.15, -0.1) is 0 Å². The molecular formula is C43H31N3O. The molecule has 1 aliphatic heterocycles. The Bertz CT molecular complexity index is 2410. The van der Waals surface area contributed by atoms with Gasteiger partial charge in [0.05, 0.1) is 0 Å². The molecule has 2 atom stereocenters. The number of nitrogens with one attached hydrogen (secondary N) is 2. The summed E-state index contributed by atoms with van der Waals surface area (Å²) in [6, 6.07) is 57.5. The van der Waals surface area contributed by atoms with Crippen LogP contribution in [0.15, 0.2) is 173 Å². The van der Waals surface area contributed by atoms with E-state index in [1.54, 1.807) is 0 Å². The molecule has 47 heavy (non-hydrogen) atoms. The Labute approximate surface area is 273 Å². The molecule has 0 saturated carbocycles. The van der Waals surface area contributed by atoms with Crippen LogP contribution in [0.4, 0.5) is 0 Å². The summed E-state index contributed by atoms with van der Waals surface area (Å²) in [6.45, 7) is 0. The first-order valence-corrected chi connectivity index (χ1v) is 16.0. The maximum absolute atomic E-state index is 6.67. The molecule has 0 radical (unpaired) electrons. The fraction of sp³-hybridized carbons (Fsp3) is 0.0465. The first kappa shape index (κ1) is 27.3. The molecule has 2 unspecified atom stereocenters. The summed E-state index contributed by atoms with van der Waals surface area (Å²) in [6.07, 6.45) is -0.422. The number of rotatable bonds is 5. The van der Waals surface area contributed by atoms with Gasteiger partial charge in [-0.05, 0) is 45.2 Å². The van der Waals surface area contributed by atoms with Gasteiger partial charge in [0.15, 0.2) is 0 Å². The minimum absolute atomic E-state index is 0.208. The highest BCUT2D eigenvalue weighted by Gasteiger charge is 2.28. The first-order valence-electron chi connectivity index (χ1n) is 16.0. The molecule has 0 fully saturated rings. The average Bonchev–Trinajstić information content (AvgIpc) is 3.55. The van der Waals surface area contributed by atoms with Crippen molar-refractivity contribution in [2.75, 3.05) is 0 Å². The smallest absolute Gasteiger partial charge is 0.143 e. The van der Waals surface area contributed by atoms with E-state index in [1.807, 2.05) is 18.2 Å². The summed E-state index contributed by atoms with van der Waals surface area (Å²) in [4.78, 5) is 5.11. The lowest BCUT2D eigenvalue weighted by atomic mass is 9.94. The van der Waals surface area contributed by atoms with Gasteiger partial charge in [0.2, 0.25) is 0 Å². The van der Waals surface area contributed by atoms with E-state index in [0.717, 1.165) is 55.6 Å². The van der Waals surface area contributed by atoms with Crippen molar-refractivity contribution in [1.29, 1.82) is 0 Å². The number of amidine groups is 1. The van der Waals surface area contributed by atoms with Crippen LogP contribution in [0.5, 0.6) is 0 Å². The Balaban J connectivity index is 1.15. The molecule has 4 heteroatoms. The van der Waals surface area contributed by atoms with Crippen LogP contribution in [0, 0.1) is 0 Å². The van der Waals surface area contributed by atoms with Gasteiger partial charge in [-0.2, -0.15) is 0 Å². The van der Waals surface area contributed by atoms with E-state index in [-0.39, 0.29) is 12.3 Å². The normalized spacial score (nSPS) is 16.3. The van der Waals surface area contributed by atoms with Crippen LogP contribution in [0.3, 0.4) is 0 Å². The van der Waals surface area contributed by atoms with E-state index in [9.17, 15) is 0 Å². The van der Waals surface area contributed by atoms with Crippen molar-refractivity contribution in [1.82, 2.24) is 10.6 Å². The summed E-state index contributed by atoms with van der Waals surface area (Å²) in [5.41, 5.74) is 9.61. The summed E-state index contributed by atoms with van der Waals surface area (Å²) < 4.78 is 6.67. The molecule has 9 rings (SSSR count). The SMILES string of the molecule is c1ccc(C2=NC(c3ccccc3)NC(c3ccc(-c4ccc(-c5ccc6ccccc6c5)cc4)c4oc5ccccc5c34)N2)cc1. The fourth-order valence-corrected chi connectivity index (χ4v) is 6.80. The molecule has 1 aliphatic rings. The van der Waals surface area contributed by atoms with Crippen molar-refractivity contribution >= 4 is 38.5 Å². The van der Waals surface area contributed by atoms with Crippen molar-refractivity contribution in [2.24, 2.45) is 4.99 Å². The fourth-order valence-electron chi connectivity index (χ4n) is 6.80. The number of hydrogen-bond acceptors (Lipinski definition) is 4. The number of fused-ring (bicyclic) bond motifs is 4. The van der Waals surface area contributed by atoms with Crippen LogP contribution in [0.25, 0.3) is 55.0 Å². The standard InChI is InChI=1S/C43H31N3O/c1-3-12-31(13-4-1)41-44-42(32-14-5-2-6-15-32)46-43(45-41)37-26-25-35(40-39(37)36-17-9-10-18-38(36)47-40)30-22-19-29(20-23-30)34-24-21-28-11-7-8-16-33(28)27-34/h1-27,41,43,45H,(H,44,46). The van der Waals surface area contributed by atoms with Crippen LogP contribution in [-0.4, -0.2) is 5.84 Å². The zero-order valence-electron chi connectivity index (χ0n) is 25.6. The van der Waals surface area contributed by atoms with E-state index >= 15 is 0 Å². The second-order valence-corrected chi connectivity index (χ2v) is 12.0. The number of nitrogens with zero attached hydrogens (tertiary/aromatic N) is 1. The third kappa shape index (κ3) is 4.96. The topological polar surface area (TPSA) is 49.6 Å². The quantitative estimate of drug-likeness (QED) is 0.205. The summed E-state index contributed by atoms with van der Waals surface area (Å²) in [5, 5.41) is 12.2. The largest absolute Gasteiger partial charge is 0.455 e. The van der Waals surface area contributed by atoms with Crippen LogP contribution < -0.4 is 10.6 Å². The lowest BCUT2D eigenvalue weighted by molar-refractivity contribution is 0.411. The number of benzene rings is 7. The molecule has 8 aromatic rings. The van der Waals surface area contributed by atoms with E-state index in [4.69, 9.17) is 9.41 Å².